The number of nitrogens with zero attached hydrogens (tertiary/aromatic N) is 2. The average Bonchev–Trinajstić information content (AvgIpc) is 2.73. The Morgan fingerprint density at radius 1 is 1.30 bits per heavy atom. The van der Waals surface area contributed by atoms with Crippen molar-refractivity contribution in [3.63, 3.8) is 0 Å². The normalized spacial score (nSPS) is 41.9. The van der Waals surface area contributed by atoms with Crippen molar-refractivity contribution in [2.24, 2.45) is 11.3 Å². The first-order valence-corrected chi connectivity index (χ1v) is 7.90. The Kier molecular flexibility index (Phi) is 2.48. The van der Waals surface area contributed by atoms with Crippen LogP contribution >= 0.6 is 0 Å². The molecule has 4 unspecified atom stereocenters. The molecule has 4 atom stereocenters. The van der Waals surface area contributed by atoms with Gasteiger partial charge in [-0.25, -0.2) is 0 Å². The van der Waals surface area contributed by atoms with Crippen molar-refractivity contribution < 1.29 is 0 Å². The van der Waals surface area contributed by atoms with Gasteiger partial charge in [-0.15, -0.1) is 0 Å². The molecule has 1 fully saturated rings. The molecule has 2 heteroatoms. The smallest absolute Gasteiger partial charge is 0.102 e. The molecule has 0 saturated carbocycles. The maximum atomic E-state index is 2.69. The van der Waals surface area contributed by atoms with Crippen LogP contribution in [0.4, 0.5) is 0 Å². The van der Waals surface area contributed by atoms with Gasteiger partial charge in [0.2, 0.25) is 0 Å². The molecule has 2 heterocycles. The summed E-state index contributed by atoms with van der Waals surface area (Å²) in [7, 11) is 2.29. The van der Waals surface area contributed by atoms with E-state index in [0.29, 0.717) is 18.1 Å². The Balaban J connectivity index is 1.82. The van der Waals surface area contributed by atoms with Gasteiger partial charge in [0.1, 0.15) is 6.17 Å². The number of hydrogen-bond acceptors (Lipinski definition) is 2. The van der Waals surface area contributed by atoms with E-state index in [1.54, 1.807) is 5.70 Å². The number of piperidine rings is 1. The van der Waals surface area contributed by atoms with Gasteiger partial charge in [-0.1, -0.05) is 44.2 Å². The second-order valence-corrected chi connectivity index (χ2v) is 6.96. The first kappa shape index (κ1) is 12.3. The van der Waals surface area contributed by atoms with Crippen LogP contribution in [0.2, 0.25) is 0 Å². The molecule has 4 rings (SSSR count). The third-order valence-corrected chi connectivity index (χ3v) is 6.01. The predicted octanol–water partition coefficient (Wildman–Crippen LogP) is 3.66. The lowest BCUT2D eigenvalue weighted by Gasteiger charge is -2.54. The molecule has 0 aromatic rings. The first-order valence-electron chi connectivity index (χ1n) is 7.90. The Morgan fingerprint density at radius 3 is 3.00 bits per heavy atom. The summed E-state index contributed by atoms with van der Waals surface area (Å²) in [5, 5.41) is 0. The van der Waals surface area contributed by atoms with E-state index in [0.717, 1.165) is 0 Å². The maximum absolute atomic E-state index is 2.69. The zero-order chi connectivity index (χ0) is 13.9. The largest absolute Gasteiger partial charge is 0.356 e. The molecule has 20 heavy (non-hydrogen) atoms. The highest BCUT2D eigenvalue weighted by Crippen LogP contribution is 2.51. The summed E-state index contributed by atoms with van der Waals surface area (Å²) in [6.07, 6.45) is 18.2. The fourth-order valence-electron chi connectivity index (χ4n) is 4.52. The molecule has 4 aliphatic rings. The van der Waals surface area contributed by atoms with Crippen LogP contribution in [-0.4, -0.2) is 29.1 Å². The molecular formula is C18H24N2. The van der Waals surface area contributed by atoms with E-state index in [9.17, 15) is 0 Å². The van der Waals surface area contributed by atoms with Gasteiger partial charge in [-0.3, -0.25) is 0 Å². The minimum Gasteiger partial charge on any atom is -0.356 e. The predicted molar refractivity (Wildman–Crippen MR) is 82.7 cm³/mol. The molecule has 2 aliphatic heterocycles. The van der Waals surface area contributed by atoms with E-state index in [4.69, 9.17) is 0 Å². The van der Waals surface area contributed by atoms with Crippen molar-refractivity contribution in [1.29, 1.82) is 0 Å². The van der Waals surface area contributed by atoms with E-state index in [1.165, 1.54) is 25.0 Å². The monoisotopic (exact) mass is 268 g/mol. The summed E-state index contributed by atoms with van der Waals surface area (Å²) in [5.74, 6) is 0.711. The van der Waals surface area contributed by atoms with Crippen LogP contribution < -0.4 is 0 Å². The topological polar surface area (TPSA) is 6.48 Å². The second-order valence-electron chi connectivity index (χ2n) is 6.96. The lowest BCUT2D eigenvalue weighted by Crippen LogP contribution is -2.58. The fraction of sp³-hybridized carbons (Fsp3) is 0.556. The second kappa shape index (κ2) is 4.03. The lowest BCUT2D eigenvalue weighted by atomic mass is 9.65. The Hall–Kier alpha value is -1.44. The molecule has 0 radical (unpaired) electrons. The summed E-state index contributed by atoms with van der Waals surface area (Å²) in [6, 6.07) is 0.499. The SMILES string of the molecule is CC1CC2N(C)C3=C(C=CCC3)N2C2C=CC=CC12C. The van der Waals surface area contributed by atoms with Crippen LogP contribution in [-0.2, 0) is 0 Å². The van der Waals surface area contributed by atoms with Gasteiger partial charge in [0.25, 0.3) is 0 Å². The first-order chi connectivity index (χ1) is 9.63. The molecule has 0 spiro atoms. The van der Waals surface area contributed by atoms with E-state index in [-0.39, 0.29) is 5.41 Å². The summed E-state index contributed by atoms with van der Waals surface area (Å²) >= 11 is 0. The quantitative estimate of drug-likeness (QED) is 0.661. The van der Waals surface area contributed by atoms with Gasteiger partial charge in [-0.05, 0) is 31.3 Å². The van der Waals surface area contributed by atoms with Crippen LogP contribution in [0.1, 0.15) is 33.1 Å². The van der Waals surface area contributed by atoms with Crippen molar-refractivity contribution in [2.75, 3.05) is 7.05 Å². The van der Waals surface area contributed by atoms with Crippen LogP contribution in [0, 0.1) is 11.3 Å². The van der Waals surface area contributed by atoms with Crippen molar-refractivity contribution in [1.82, 2.24) is 9.80 Å². The third-order valence-electron chi connectivity index (χ3n) is 6.01. The highest BCUT2D eigenvalue weighted by molar-refractivity contribution is 5.38. The molecule has 0 bridgehead atoms. The van der Waals surface area contributed by atoms with E-state index < -0.39 is 0 Å². The number of rotatable bonds is 0. The van der Waals surface area contributed by atoms with Crippen molar-refractivity contribution in [2.45, 2.75) is 45.3 Å². The molecule has 0 amide bonds. The number of fused-ring (bicyclic) bond motifs is 4. The van der Waals surface area contributed by atoms with Crippen LogP contribution in [0.15, 0.2) is 47.9 Å². The van der Waals surface area contributed by atoms with Gasteiger partial charge in [0.15, 0.2) is 0 Å². The van der Waals surface area contributed by atoms with Crippen LogP contribution in [0.5, 0.6) is 0 Å². The van der Waals surface area contributed by atoms with Crippen LogP contribution in [0.25, 0.3) is 0 Å². The fourth-order valence-corrected chi connectivity index (χ4v) is 4.52. The Labute approximate surface area is 122 Å². The maximum Gasteiger partial charge on any atom is 0.102 e. The zero-order valence-electron chi connectivity index (χ0n) is 12.7. The number of allylic oxidation sites excluding steroid dienone is 5. The van der Waals surface area contributed by atoms with Gasteiger partial charge in [-0.2, -0.15) is 0 Å². The lowest BCUT2D eigenvalue weighted by molar-refractivity contribution is -0.0105. The highest BCUT2D eigenvalue weighted by Gasteiger charge is 2.52. The molecule has 0 aromatic heterocycles. The summed E-state index contributed by atoms with van der Waals surface area (Å²) < 4.78 is 0. The van der Waals surface area contributed by atoms with E-state index >= 15 is 0 Å². The van der Waals surface area contributed by atoms with Gasteiger partial charge < -0.3 is 9.80 Å². The zero-order valence-corrected chi connectivity index (χ0v) is 12.7. The van der Waals surface area contributed by atoms with Crippen molar-refractivity contribution >= 4 is 0 Å². The Morgan fingerprint density at radius 2 is 2.15 bits per heavy atom. The summed E-state index contributed by atoms with van der Waals surface area (Å²) in [6.45, 7) is 4.86. The molecule has 1 saturated heterocycles. The van der Waals surface area contributed by atoms with Crippen LogP contribution in [0.3, 0.4) is 0 Å². The Bertz CT molecular complexity index is 554. The van der Waals surface area contributed by atoms with Crippen molar-refractivity contribution in [3.05, 3.63) is 47.9 Å². The van der Waals surface area contributed by atoms with E-state index in [1.807, 2.05) is 0 Å². The van der Waals surface area contributed by atoms with Crippen molar-refractivity contribution in [3.8, 4) is 0 Å². The van der Waals surface area contributed by atoms with Gasteiger partial charge in [0.05, 0.1) is 11.7 Å². The standard InChI is InChI=1S/C18H24N2/c1-13-12-17-19(3)14-8-4-5-9-15(14)20(17)16-10-6-7-11-18(13,16)2/h5-7,9-11,13,16-17H,4,8,12H2,1-3H3. The van der Waals surface area contributed by atoms with Gasteiger partial charge in [0, 0.05) is 18.2 Å². The molecule has 2 nitrogen and oxygen atoms in total. The summed E-state index contributed by atoms with van der Waals surface area (Å²) in [5.41, 5.74) is 3.29. The molecular weight excluding hydrogens is 244 g/mol. The molecule has 2 aliphatic carbocycles. The minimum atomic E-state index is 0.264. The number of hydrogen-bond donors (Lipinski definition) is 0. The molecule has 0 N–H and O–H groups in total. The highest BCUT2D eigenvalue weighted by atomic mass is 15.4. The van der Waals surface area contributed by atoms with Gasteiger partial charge >= 0.3 is 0 Å². The minimum absolute atomic E-state index is 0.264. The molecule has 0 aromatic carbocycles. The average molecular weight is 268 g/mol. The summed E-state index contributed by atoms with van der Waals surface area (Å²) in [4.78, 5) is 5.23. The van der Waals surface area contributed by atoms with E-state index in [2.05, 4.69) is 67.2 Å². The third kappa shape index (κ3) is 1.40. The molecule has 106 valence electrons.